The highest BCUT2D eigenvalue weighted by Gasteiger charge is 2.13. The molecule has 21 heavy (non-hydrogen) atoms. The van der Waals surface area contributed by atoms with E-state index < -0.39 is 0 Å². The Balaban J connectivity index is 2.21. The number of anilines is 1. The summed E-state index contributed by atoms with van der Waals surface area (Å²) in [6.45, 7) is 9.07. The van der Waals surface area contributed by atoms with Crippen molar-refractivity contribution in [1.82, 2.24) is 5.16 Å². The quantitative estimate of drug-likeness (QED) is 0.836. The van der Waals surface area contributed by atoms with Crippen molar-refractivity contribution in [2.75, 3.05) is 18.5 Å². The number of aryl methyl sites for hydroxylation is 1. The highest BCUT2D eigenvalue weighted by atomic mass is 16.5. The van der Waals surface area contributed by atoms with Gasteiger partial charge in [0.25, 0.3) is 0 Å². The van der Waals surface area contributed by atoms with E-state index in [0.29, 0.717) is 13.2 Å². The number of aromatic nitrogens is 1. The summed E-state index contributed by atoms with van der Waals surface area (Å²) in [7, 11) is 0. The fraction of sp³-hybridized carbons (Fsp3) is 0.438. The third kappa shape index (κ3) is 3.90. The molecule has 2 rings (SSSR count). The Bertz CT molecular complexity index is 581. The maximum absolute atomic E-state index is 5.65. The summed E-state index contributed by atoms with van der Waals surface area (Å²) in [6.07, 6.45) is 0. The molecule has 1 heterocycles. The van der Waals surface area contributed by atoms with Crippen LogP contribution in [0.4, 0.5) is 5.69 Å². The molecule has 0 aliphatic carbocycles. The van der Waals surface area contributed by atoms with E-state index in [9.17, 15) is 0 Å². The summed E-state index contributed by atoms with van der Waals surface area (Å²) < 4.78 is 16.3. The third-order valence-electron chi connectivity index (χ3n) is 3.02. The molecular weight excluding hydrogens is 268 g/mol. The van der Waals surface area contributed by atoms with Gasteiger partial charge < -0.3 is 19.3 Å². The zero-order chi connectivity index (χ0) is 15.2. The SMILES string of the molecule is CCOc1ccc(OCC)c(N[C@@H](C)c2cc(C)on2)c1. The van der Waals surface area contributed by atoms with E-state index in [-0.39, 0.29) is 6.04 Å². The lowest BCUT2D eigenvalue weighted by Crippen LogP contribution is -2.09. The largest absolute Gasteiger partial charge is 0.494 e. The van der Waals surface area contributed by atoms with Crippen LogP contribution in [-0.4, -0.2) is 18.4 Å². The minimum absolute atomic E-state index is 0.0125. The van der Waals surface area contributed by atoms with Crippen molar-refractivity contribution in [3.05, 3.63) is 35.7 Å². The van der Waals surface area contributed by atoms with E-state index >= 15 is 0 Å². The molecule has 0 fully saturated rings. The first-order valence-electron chi connectivity index (χ1n) is 7.23. The van der Waals surface area contributed by atoms with Gasteiger partial charge in [-0.05, 0) is 39.8 Å². The summed E-state index contributed by atoms with van der Waals surface area (Å²) in [6, 6.07) is 7.70. The molecule has 0 spiro atoms. The summed E-state index contributed by atoms with van der Waals surface area (Å²) >= 11 is 0. The normalized spacial score (nSPS) is 12.0. The standard InChI is InChI=1S/C16H22N2O3/c1-5-19-13-7-8-16(20-6-2)15(10-13)17-12(4)14-9-11(3)21-18-14/h7-10,12,17H,5-6H2,1-4H3/t12-/m0/s1. The molecule has 1 atom stereocenters. The minimum atomic E-state index is 0.0125. The van der Waals surface area contributed by atoms with Crippen LogP contribution in [0.2, 0.25) is 0 Å². The molecule has 1 aromatic heterocycles. The van der Waals surface area contributed by atoms with E-state index in [1.807, 2.05) is 52.0 Å². The molecule has 0 aliphatic rings. The Morgan fingerprint density at radius 1 is 1.19 bits per heavy atom. The first-order valence-corrected chi connectivity index (χ1v) is 7.23. The zero-order valence-corrected chi connectivity index (χ0v) is 13.0. The van der Waals surface area contributed by atoms with Gasteiger partial charge in [-0.25, -0.2) is 0 Å². The molecule has 0 saturated carbocycles. The summed E-state index contributed by atoms with van der Waals surface area (Å²) in [5.74, 6) is 2.41. The van der Waals surface area contributed by atoms with Gasteiger partial charge in [-0.3, -0.25) is 0 Å². The monoisotopic (exact) mass is 290 g/mol. The molecule has 5 heteroatoms. The van der Waals surface area contributed by atoms with Crippen LogP contribution in [0.5, 0.6) is 11.5 Å². The number of ether oxygens (including phenoxy) is 2. The number of benzene rings is 1. The Hall–Kier alpha value is -2.17. The number of rotatable bonds is 7. The van der Waals surface area contributed by atoms with Crippen molar-refractivity contribution >= 4 is 5.69 Å². The molecule has 114 valence electrons. The number of hydrogen-bond donors (Lipinski definition) is 1. The lowest BCUT2D eigenvalue weighted by atomic mass is 10.2. The van der Waals surface area contributed by atoms with Crippen molar-refractivity contribution < 1.29 is 14.0 Å². The molecule has 2 aromatic rings. The fourth-order valence-electron chi connectivity index (χ4n) is 2.06. The minimum Gasteiger partial charge on any atom is -0.494 e. The highest BCUT2D eigenvalue weighted by molar-refractivity contribution is 5.60. The number of hydrogen-bond acceptors (Lipinski definition) is 5. The maximum Gasteiger partial charge on any atom is 0.142 e. The molecule has 0 bridgehead atoms. The van der Waals surface area contributed by atoms with Gasteiger partial charge in [0.05, 0.1) is 24.9 Å². The molecular formula is C16H22N2O3. The average molecular weight is 290 g/mol. The number of nitrogens with zero attached hydrogens (tertiary/aromatic N) is 1. The summed E-state index contributed by atoms with van der Waals surface area (Å²) in [5, 5.41) is 7.43. The van der Waals surface area contributed by atoms with Crippen molar-refractivity contribution in [3.63, 3.8) is 0 Å². The lowest BCUT2D eigenvalue weighted by molar-refractivity contribution is 0.331. The van der Waals surface area contributed by atoms with Gasteiger partial charge in [-0.15, -0.1) is 0 Å². The van der Waals surface area contributed by atoms with Crippen LogP contribution in [0.1, 0.15) is 38.3 Å². The average Bonchev–Trinajstić information content (AvgIpc) is 2.89. The molecule has 0 unspecified atom stereocenters. The van der Waals surface area contributed by atoms with Gasteiger partial charge in [-0.1, -0.05) is 5.16 Å². The Morgan fingerprint density at radius 2 is 1.95 bits per heavy atom. The lowest BCUT2D eigenvalue weighted by Gasteiger charge is -2.17. The van der Waals surface area contributed by atoms with Crippen molar-refractivity contribution in [2.24, 2.45) is 0 Å². The van der Waals surface area contributed by atoms with Crippen LogP contribution in [-0.2, 0) is 0 Å². The second-order valence-corrected chi connectivity index (χ2v) is 4.75. The van der Waals surface area contributed by atoms with Gasteiger partial charge in [-0.2, -0.15) is 0 Å². The van der Waals surface area contributed by atoms with Gasteiger partial charge in [0.2, 0.25) is 0 Å². The first-order chi connectivity index (χ1) is 10.1. The van der Waals surface area contributed by atoms with E-state index in [1.165, 1.54) is 0 Å². The highest BCUT2D eigenvalue weighted by Crippen LogP contribution is 2.32. The van der Waals surface area contributed by atoms with Crippen LogP contribution < -0.4 is 14.8 Å². The molecule has 1 N–H and O–H groups in total. The van der Waals surface area contributed by atoms with E-state index in [2.05, 4.69) is 10.5 Å². The van der Waals surface area contributed by atoms with Crippen LogP contribution in [0.3, 0.4) is 0 Å². The summed E-state index contributed by atoms with van der Waals surface area (Å²) in [5.41, 5.74) is 1.74. The predicted octanol–water partition coefficient (Wildman–Crippen LogP) is 3.95. The topological polar surface area (TPSA) is 56.5 Å². The zero-order valence-electron chi connectivity index (χ0n) is 13.0. The van der Waals surface area contributed by atoms with E-state index in [4.69, 9.17) is 14.0 Å². The van der Waals surface area contributed by atoms with Crippen LogP contribution >= 0.6 is 0 Å². The molecule has 0 saturated heterocycles. The molecule has 1 aromatic carbocycles. The summed E-state index contributed by atoms with van der Waals surface area (Å²) in [4.78, 5) is 0. The molecule has 0 amide bonds. The van der Waals surface area contributed by atoms with Crippen LogP contribution in [0.25, 0.3) is 0 Å². The van der Waals surface area contributed by atoms with Gasteiger partial charge in [0.15, 0.2) is 0 Å². The third-order valence-corrected chi connectivity index (χ3v) is 3.02. The van der Waals surface area contributed by atoms with Gasteiger partial charge in [0, 0.05) is 12.1 Å². The Kier molecular flexibility index (Phi) is 5.09. The van der Waals surface area contributed by atoms with Crippen molar-refractivity contribution in [2.45, 2.75) is 33.7 Å². The van der Waals surface area contributed by atoms with Gasteiger partial charge >= 0.3 is 0 Å². The maximum atomic E-state index is 5.65. The molecule has 0 radical (unpaired) electrons. The van der Waals surface area contributed by atoms with E-state index in [1.54, 1.807) is 0 Å². The van der Waals surface area contributed by atoms with Gasteiger partial charge in [0.1, 0.15) is 23.0 Å². The van der Waals surface area contributed by atoms with Crippen LogP contribution in [0, 0.1) is 6.92 Å². The first kappa shape index (κ1) is 15.2. The molecule has 5 nitrogen and oxygen atoms in total. The Morgan fingerprint density at radius 3 is 2.57 bits per heavy atom. The predicted molar refractivity (Wildman–Crippen MR) is 82.1 cm³/mol. The van der Waals surface area contributed by atoms with Crippen molar-refractivity contribution in [3.8, 4) is 11.5 Å². The van der Waals surface area contributed by atoms with E-state index in [0.717, 1.165) is 28.6 Å². The second-order valence-electron chi connectivity index (χ2n) is 4.75. The van der Waals surface area contributed by atoms with Crippen LogP contribution in [0.15, 0.2) is 28.8 Å². The smallest absolute Gasteiger partial charge is 0.142 e. The number of nitrogens with one attached hydrogen (secondary N) is 1. The van der Waals surface area contributed by atoms with Crippen molar-refractivity contribution in [1.29, 1.82) is 0 Å². The Labute approximate surface area is 125 Å². The second kappa shape index (κ2) is 7.02. The fourth-order valence-corrected chi connectivity index (χ4v) is 2.06. The molecule has 0 aliphatic heterocycles.